The van der Waals surface area contributed by atoms with Crippen molar-refractivity contribution in [1.82, 2.24) is 0 Å². The van der Waals surface area contributed by atoms with Crippen LogP contribution in [0.25, 0.3) is 0 Å². The average Bonchev–Trinajstić information content (AvgIpc) is 2.37. The highest BCUT2D eigenvalue weighted by Crippen LogP contribution is 2.24. The van der Waals surface area contributed by atoms with Crippen molar-refractivity contribution >= 4 is 45.8 Å². The molecule has 0 spiro atoms. The minimum absolute atomic E-state index is 0.0490. The molecule has 0 saturated heterocycles. The fraction of sp³-hybridized carbons (Fsp3) is 0.533. The first-order chi connectivity index (χ1) is 9.43. The van der Waals surface area contributed by atoms with Gasteiger partial charge in [0.25, 0.3) is 0 Å². The van der Waals surface area contributed by atoms with Gasteiger partial charge >= 0.3 is 0 Å². The number of nitrogens with two attached hydrogens (primary N) is 1. The molecule has 0 fully saturated rings. The van der Waals surface area contributed by atoms with Gasteiger partial charge in [-0.1, -0.05) is 25.4 Å². The van der Waals surface area contributed by atoms with Crippen molar-refractivity contribution in [2.75, 3.05) is 11.9 Å². The van der Waals surface area contributed by atoms with E-state index < -0.39 is 0 Å². The highest BCUT2D eigenvalue weighted by Gasteiger charge is 2.15. The largest absolute Gasteiger partial charge is 0.330 e. The van der Waals surface area contributed by atoms with Crippen molar-refractivity contribution < 1.29 is 4.79 Å². The van der Waals surface area contributed by atoms with Gasteiger partial charge < -0.3 is 11.1 Å². The number of carbonyl (C=O) groups excluding carboxylic acids is 1. The standard InChI is InChI=1S/C15H22ClIN2O/c1-10(2)11(7-8-18)3-6-15(20)19-14-5-4-12(16)9-13(14)17/h4-5,9-11H,3,6-8,18H2,1-2H3,(H,19,20). The maximum atomic E-state index is 12.0. The van der Waals surface area contributed by atoms with Crippen molar-refractivity contribution in [3.63, 3.8) is 0 Å². The SMILES string of the molecule is CC(C)C(CCN)CCC(=O)Nc1ccc(Cl)cc1I. The Labute approximate surface area is 139 Å². The van der Waals surface area contributed by atoms with Gasteiger partial charge in [0, 0.05) is 15.0 Å². The number of anilines is 1. The summed E-state index contributed by atoms with van der Waals surface area (Å²) >= 11 is 8.07. The fourth-order valence-electron chi connectivity index (χ4n) is 2.15. The lowest BCUT2D eigenvalue weighted by atomic mass is 9.88. The van der Waals surface area contributed by atoms with Crippen LogP contribution in [0.5, 0.6) is 0 Å². The number of hydrogen-bond acceptors (Lipinski definition) is 2. The van der Waals surface area contributed by atoms with Crippen molar-refractivity contribution in [3.05, 3.63) is 26.8 Å². The van der Waals surface area contributed by atoms with E-state index in [0.29, 0.717) is 29.8 Å². The summed E-state index contributed by atoms with van der Waals surface area (Å²) < 4.78 is 0.950. The molecule has 5 heteroatoms. The zero-order chi connectivity index (χ0) is 15.1. The molecule has 1 atom stereocenters. The maximum absolute atomic E-state index is 12.0. The first kappa shape index (κ1) is 17.7. The van der Waals surface area contributed by atoms with E-state index in [-0.39, 0.29) is 5.91 Å². The van der Waals surface area contributed by atoms with Gasteiger partial charge in [-0.15, -0.1) is 0 Å². The van der Waals surface area contributed by atoms with Gasteiger partial charge in [0.05, 0.1) is 5.69 Å². The van der Waals surface area contributed by atoms with Crippen molar-refractivity contribution in [3.8, 4) is 0 Å². The van der Waals surface area contributed by atoms with Crippen LogP contribution in [-0.4, -0.2) is 12.5 Å². The fourth-order valence-corrected chi connectivity index (χ4v) is 3.15. The lowest BCUT2D eigenvalue weighted by Gasteiger charge is -2.19. The van der Waals surface area contributed by atoms with E-state index in [1.165, 1.54) is 0 Å². The van der Waals surface area contributed by atoms with Crippen molar-refractivity contribution in [2.45, 2.75) is 33.1 Å². The molecule has 1 rings (SSSR count). The second-order valence-electron chi connectivity index (χ2n) is 5.29. The molecule has 0 bridgehead atoms. The topological polar surface area (TPSA) is 55.1 Å². The summed E-state index contributed by atoms with van der Waals surface area (Å²) in [6.07, 6.45) is 2.38. The molecular formula is C15H22ClIN2O. The van der Waals surface area contributed by atoms with E-state index in [1.54, 1.807) is 6.07 Å². The van der Waals surface area contributed by atoms with Gasteiger partial charge in [-0.2, -0.15) is 0 Å². The molecule has 112 valence electrons. The molecule has 1 unspecified atom stereocenters. The minimum Gasteiger partial charge on any atom is -0.330 e. The zero-order valence-electron chi connectivity index (χ0n) is 12.0. The Bertz CT molecular complexity index is 451. The average molecular weight is 409 g/mol. The van der Waals surface area contributed by atoms with E-state index in [0.717, 1.165) is 22.1 Å². The second-order valence-corrected chi connectivity index (χ2v) is 6.89. The van der Waals surface area contributed by atoms with E-state index in [9.17, 15) is 4.79 Å². The second kappa shape index (κ2) is 8.85. The van der Waals surface area contributed by atoms with E-state index in [4.69, 9.17) is 17.3 Å². The first-order valence-corrected chi connectivity index (χ1v) is 8.34. The molecule has 3 N–H and O–H groups in total. The summed E-state index contributed by atoms with van der Waals surface area (Å²) in [5, 5.41) is 3.61. The van der Waals surface area contributed by atoms with Crippen LogP contribution in [0.2, 0.25) is 5.02 Å². The van der Waals surface area contributed by atoms with Gasteiger partial charge in [0.2, 0.25) is 5.91 Å². The summed E-state index contributed by atoms with van der Waals surface area (Å²) in [5.74, 6) is 1.12. The molecule has 1 amide bonds. The summed E-state index contributed by atoms with van der Waals surface area (Å²) in [6, 6.07) is 5.45. The molecular weight excluding hydrogens is 387 g/mol. The Morgan fingerprint density at radius 2 is 2.10 bits per heavy atom. The molecule has 1 aromatic carbocycles. The van der Waals surface area contributed by atoms with Crippen LogP contribution in [-0.2, 0) is 4.79 Å². The van der Waals surface area contributed by atoms with Crippen LogP contribution in [0.15, 0.2) is 18.2 Å². The Morgan fingerprint density at radius 3 is 2.65 bits per heavy atom. The molecule has 0 heterocycles. The minimum atomic E-state index is 0.0490. The highest BCUT2D eigenvalue weighted by atomic mass is 127. The van der Waals surface area contributed by atoms with Crippen LogP contribution in [0, 0.1) is 15.4 Å². The number of rotatable bonds is 7. The molecule has 0 aliphatic heterocycles. The highest BCUT2D eigenvalue weighted by molar-refractivity contribution is 14.1. The first-order valence-electron chi connectivity index (χ1n) is 6.89. The van der Waals surface area contributed by atoms with Crippen LogP contribution < -0.4 is 11.1 Å². The van der Waals surface area contributed by atoms with Crippen molar-refractivity contribution in [1.29, 1.82) is 0 Å². The molecule has 20 heavy (non-hydrogen) atoms. The summed E-state index contributed by atoms with van der Waals surface area (Å²) in [7, 11) is 0. The molecule has 1 aromatic rings. The number of benzene rings is 1. The number of hydrogen-bond donors (Lipinski definition) is 2. The summed E-state index contributed by atoms with van der Waals surface area (Å²) in [5.41, 5.74) is 6.44. The van der Waals surface area contributed by atoms with Crippen LogP contribution in [0.3, 0.4) is 0 Å². The van der Waals surface area contributed by atoms with Gasteiger partial charge in [-0.3, -0.25) is 4.79 Å². The number of halogens is 2. The Morgan fingerprint density at radius 1 is 1.40 bits per heavy atom. The quantitative estimate of drug-likeness (QED) is 0.662. The third-order valence-electron chi connectivity index (χ3n) is 3.43. The smallest absolute Gasteiger partial charge is 0.224 e. The number of carbonyl (C=O) groups is 1. The van der Waals surface area contributed by atoms with Crippen LogP contribution in [0.1, 0.15) is 33.1 Å². The number of amides is 1. The maximum Gasteiger partial charge on any atom is 0.224 e. The van der Waals surface area contributed by atoms with Gasteiger partial charge in [0.1, 0.15) is 0 Å². The Hall–Kier alpha value is -0.330. The Balaban J connectivity index is 2.51. The molecule has 0 aromatic heterocycles. The summed E-state index contributed by atoms with van der Waals surface area (Å²) in [4.78, 5) is 12.0. The monoisotopic (exact) mass is 408 g/mol. The predicted octanol–water partition coefficient (Wildman–Crippen LogP) is 4.28. The molecule has 3 nitrogen and oxygen atoms in total. The lowest BCUT2D eigenvalue weighted by molar-refractivity contribution is -0.116. The summed E-state index contributed by atoms with van der Waals surface area (Å²) in [6.45, 7) is 5.04. The Kier molecular flexibility index (Phi) is 7.84. The van der Waals surface area contributed by atoms with Gasteiger partial charge in [-0.25, -0.2) is 0 Å². The van der Waals surface area contributed by atoms with Crippen LogP contribution in [0.4, 0.5) is 5.69 Å². The molecule has 0 saturated carbocycles. The van der Waals surface area contributed by atoms with E-state index in [2.05, 4.69) is 41.8 Å². The third-order valence-corrected chi connectivity index (χ3v) is 4.56. The zero-order valence-corrected chi connectivity index (χ0v) is 14.9. The lowest BCUT2D eigenvalue weighted by Crippen LogP contribution is -2.18. The van der Waals surface area contributed by atoms with E-state index in [1.807, 2.05) is 12.1 Å². The van der Waals surface area contributed by atoms with Gasteiger partial charge in [0.15, 0.2) is 0 Å². The predicted molar refractivity (Wildman–Crippen MR) is 94.0 cm³/mol. The third kappa shape index (κ3) is 5.97. The van der Waals surface area contributed by atoms with Crippen molar-refractivity contribution in [2.24, 2.45) is 17.6 Å². The normalized spacial score (nSPS) is 12.5. The van der Waals surface area contributed by atoms with Gasteiger partial charge in [-0.05, 0) is 72.0 Å². The molecule has 0 aliphatic rings. The molecule has 0 aliphatic carbocycles. The molecule has 0 radical (unpaired) electrons. The van der Waals surface area contributed by atoms with E-state index >= 15 is 0 Å². The number of nitrogens with one attached hydrogen (secondary N) is 1. The van der Waals surface area contributed by atoms with Crippen LogP contribution >= 0.6 is 34.2 Å².